The van der Waals surface area contributed by atoms with Crippen LogP contribution in [-0.4, -0.2) is 35.8 Å². The lowest BCUT2D eigenvalue weighted by Crippen LogP contribution is -2.50. The number of rotatable bonds is 6. The molecule has 0 spiro atoms. The number of nitrogens with one attached hydrogen (secondary N) is 1. The second-order valence-electron chi connectivity index (χ2n) is 7.17. The van der Waals surface area contributed by atoms with Gasteiger partial charge in [-0.15, -0.1) is 0 Å². The van der Waals surface area contributed by atoms with E-state index < -0.39 is 6.04 Å². The first-order valence-corrected chi connectivity index (χ1v) is 9.47. The van der Waals surface area contributed by atoms with Crippen LogP contribution in [0, 0.1) is 5.92 Å². The maximum Gasteiger partial charge on any atom is 0.251 e. The Morgan fingerprint density at radius 1 is 0.926 bits per heavy atom. The molecule has 1 atom stereocenters. The number of carbonyl (C=O) groups excluding carboxylic acids is 2. The summed E-state index contributed by atoms with van der Waals surface area (Å²) in [4.78, 5) is 27.2. The molecule has 0 saturated carbocycles. The Morgan fingerprint density at radius 3 is 2.11 bits per heavy atom. The molecule has 2 amide bonds. The minimum absolute atomic E-state index is 0.0138. The summed E-state index contributed by atoms with van der Waals surface area (Å²) >= 11 is 0. The molecule has 2 aromatic rings. The maximum absolute atomic E-state index is 12.7. The molecule has 1 saturated heterocycles. The lowest BCUT2D eigenvalue weighted by molar-refractivity contribution is -0.133. The van der Waals surface area contributed by atoms with E-state index in [1.807, 2.05) is 49.1 Å². The van der Waals surface area contributed by atoms with Crippen LogP contribution in [0.15, 0.2) is 54.6 Å². The molecule has 0 aliphatic carbocycles. The summed E-state index contributed by atoms with van der Waals surface area (Å²) in [5.74, 6) is 1.20. The van der Waals surface area contributed by atoms with Gasteiger partial charge >= 0.3 is 0 Å². The third-order valence-electron chi connectivity index (χ3n) is 4.73. The van der Waals surface area contributed by atoms with E-state index in [0.717, 1.165) is 31.7 Å². The minimum Gasteiger partial charge on any atom is -0.457 e. The molecule has 1 N–H and O–H groups in total. The summed E-state index contributed by atoms with van der Waals surface area (Å²) in [5, 5.41) is 2.91. The van der Waals surface area contributed by atoms with Crippen molar-refractivity contribution < 1.29 is 14.3 Å². The highest BCUT2D eigenvalue weighted by Gasteiger charge is 2.30. The van der Waals surface area contributed by atoms with Crippen molar-refractivity contribution in [3.63, 3.8) is 0 Å². The number of ether oxygens (including phenoxy) is 1. The Morgan fingerprint density at radius 2 is 1.52 bits per heavy atom. The largest absolute Gasteiger partial charge is 0.457 e. The first kappa shape index (κ1) is 19.0. The number of carbonyl (C=O) groups is 2. The highest BCUT2D eigenvalue weighted by molar-refractivity contribution is 5.97. The van der Waals surface area contributed by atoms with Gasteiger partial charge < -0.3 is 15.0 Å². The SMILES string of the molecule is CC(C)[C@H](NC(=O)c1ccc(Oc2ccccc2)cc1)C(=O)N1CCCC1. The average molecular weight is 366 g/mol. The Balaban J connectivity index is 1.64. The van der Waals surface area contributed by atoms with Crippen LogP contribution in [0.25, 0.3) is 0 Å². The highest BCUT2D eigenvalue weighted by atomic mass is 16.5. The number of nitrogens with zero attached hydrogens (tertiary/aromatic N) is 1. The molecule has 3 rings (SSSR count). The van der Waals surface area contributed by atoms with Gasteiger partial charge in [-0.1, -0.05) is 32.0 Å². The molecule has 0 radical (unpaired) electrons. The van der Waals surface area contributed by atoms with E-state index in [2.05, 4.69) is 5.32 Å². The molecule has 0 bridgehead atoms. The fourth-order valence-electron chi connectivity index (χ4n) is 3.17. The number of benzene rings is 2. The molecule has 27 heavy (non-hydrogen) atoms. The second kappa shape index (κ2) is 8.71. The number of para-hydroxylation sites is 1. The topological polar surface area (TPSA) is 58.6 Å². The van der Waals surface area contributed by atoms with Crippen LogP contribution in [0.2, 0.25) is 0 Å². The molecular weight excluding hydrogens is 340 g/mol. The van der Waals surface area contributed by atoms with Crippen molar-refractivity contribution in [3.8, 4) is 11.5 Å². The number of amides is 2. The van der Waals surface area contributed by atoms with Crippen LogP contribution in [0.3, 0.4) is 0 Å². The molecule has 5 nitrogen and oxygen atoms in total. The lowest BCUT2D eigenvalue weighted by atomic mass is 10.0. The fraction of sp³-hybridized carbons (Fsp3) is 0.364. The van der Waals surface area contributed by atoms with Crippen molar-refractivity contribution in [3.05, 3.63) is 60.2 Å². The van der Waals surface area contributed by atoms with Gasteiger partial charge in [-0.25, -0.2) is 0 Å². The Bertz CT molecular complexity index is 766. The molecule has 0 unspecified atom stereocenters. The molecule has 1 heterocycles. The van der Waals surface area contributed by atoms with Crippen molar-refractivity contribution in [1.82, 2.24) is 10.2 Å². The summed E-state index contributed by atoms with van der Waals surface area (Å²) < 4.78 is 5.75. The van der Waals surface area contributed by atoms with Crippen molar-refractivity contribution in [2.24, 2.45) is 5.92 Å². The van der Waals surface area contributed by atoms with Gasteiger partial charge in [0, 0.05) is 18.7 Å². The Kier molecular flexibility index (Phi) is 6.12. The van der Waals surface area contributed by atoms with Gasteiger partial charge in [0.2, 0.25) is 5.91 Å². The first-order valence-electron chi connectivity index (χ1n) is 9.47. The monoisotopic (exact) mass is 366 g/mol. The van der Waals surface area contributed by atoms with E-state index in [0.29, 0.717) is 11.3 Å². The van der Waals surface area contributed by atoms with E-state index in [9.17, 15) is 9.59 Å². The smallest absolute Gasteiger partial charge is 0.251 e. The summed E-state index contributed by atoms with van der Waals surface area (Å²) in [7, 11) is 0. The molecule has 1 fully saturated rings. The van der Waals surface area contributed by atoms with Gasteiger partial charge in [0.15, 0.2) is 0 Å². The van der Waals surface area contributed by atoms with Crippen LogP contribution in [0.4, 0.5) is 0 Å². The van der Waals surface area contributed by atoms with Gasteiger partial charge in [-0.2, -0.15) is 0 Å². The van der Waals surface area contributed by atoms with Crippen molar-refractivity contribution in [2.75, 3.05) is 13.1 Å². The van der Waals surface area contributed by atoms with E-state index in [1.165, 1.54) is 0 Å². The Hall–Kier alpha value is -2.82. The normalized spacial score (nSPS) is 14.9. The van der Waals surface area contributed by atoms with Crippen LogP contribution in [0.5, 0.6) is 11.5 Å². The van der Waals surface area contributed by atoms with Crippen LogP contribution >= 0.6 is 0 Å². The molecule has 0 aromatic heterocycles. The molecule has 142 valence electrons. The van der Waals surface area contributed by atoms with E-state index in [-0.39, 0.29) is 17.7 Å². The standard InChI is InChI=1S/C22H26N2O3/c1-16(2)20(22(26)24-14-6-7-15-24)23-21(25)17-10-12-19(13-11-17)27-18-8-4-3-5-9-18/h3-5,8-13,16,20H,6-7,14-15H2,1-2H3,(H,23,25)/t20-/m0/s1. The van der Waals surface area contributed by atoms with E-state index >= 15 is 0 Å². The molecule has 5 heteroatoms. The van der Waals surface area contributed by atoms with Gasteiger partial charge in [0.05, 0.1) is 0 Å². The summed E-state index contributed by atoms with van der Waals surface area (Å²) in [6, 6.07) is 15.9. The van der Waals surface area contributed by atoms with Crippen molar-refractivity contribution in [2.45, 2.75) is 32.7 Å². The molecule has 2 aromatic carbocycles. The molecule has 1 aliphatic rings. The van der Waals surface area contributed by atoms with Crippen molar-refractivity contribution in [1.29, 1.82) is 0 Å². The number of hydrogen-bond donors (Lipinski definition) is 1. The predicted molar refractivity (Wildman–Crippen MR) is 105 cm³/mol. The predicted octanol–water partition coefficient (Wildman–Crippen LogP) is 3.86. The highest BCUT2D eigenvalue weighted by Crippen LogP contribution is 2.21. The molecular formula is C22H26N2O3. The Labute approximate surface area is 160 Å². The quantitative estimate of drug-likeness (QED) is 0.845. The third kappa shape index (κ3) is 4.88. The third-order valence-corrected chi connectivity index (χ3v) is 4.73. The minimum atomic E-state index is -0.504. The zero-order valence-corrected chi connectivity index (χ0v) is 15.9. The maximum atomic E-state index is 12.7. The van der Waals surface area contributed by atoms with Gasteiger partial charge in [-0.3, -0.25) is 9.59 Å². The summed E-state index contributed by atoms with van der Waals surface area (Å²) in [5.41, 5.74) is 0.510. The second-order valence-corrected chi connectivity index (χ2v) is 7.17. The number of hydrogen-bond acceptors (Lipinski definition) is 3. The lowest BCUT2D eigenvalue weighted by Gasteiger charge is -2.26. The van der Waals surface area contributed by atoms with E-state index in [1.54, 1.807) is 24.3 Å². The van der Waals surface area contributed by atoms with Crippen molar-refractivity contribution >= 4 is 11.8 Å². The zero-order chi connectivity index (χ0) is 19.2. The van der Waals surface area contributed by atoms with Crippen LogP contribution in [0.1, 0.15) is 37.0 Å². The summed E-state index contributed by atoms with van der Waals surface area (Å²) in [6.45, 7) is 5.47. The summed E-state index contributed by atoms with van der Waals surface area (Å²) in [6.07, 6.45) is 2.07. The first-order chi connectivity index (χ1) is 13.0. The van der Waals surface area contributed by atoms with Gasteiger partial charge in [0.1, 0.15) is 17.5 Å². The van der Waals surface area contributed by atoms with Crippen LogP contribution < -0.4 is 10.1 Å². The van der Waals surface area contributed by atoms with Crippen LogP contribution in [-0.2, 0) is 4.79 Å². The number of likely N-dealkylation sites (tertiary alicyclic amines) is 1. The fourth-order valence-corrected chi connectivity index (χ4v) is 3.17. The van der Waals surface area contributed by atoms with E-state index in [4.69, 9.17) is 4.74 Å². The average Bonchev–Trinajstić information content (AvgIpc) is 3.21. The van der Waals surface area contributed by atoms with Gasteiger partial charge in [0.25, 0.3) is 5.91 Å². The van der Waals surface area contributed by atoms with Gasteiger partial charge in [-0.05, 0) is 55.2 Å². The zero-order valence-electron chi connectivity index (χ0n) is 15.9. The molecule has 1 aliphatic heterocycles.